The number of benzene rings is 2. The number of aromatic nitrogens is 1. The number of hydrogen-bond donors (Lipinski definition) is 2. The topological polar surface area (TPSA) is 97.4 Å². The van der Waals surface area contributed by atoms with Crippen molar-refractivity contribution in [2.45, 2.75) is 18.2 Å². The Labute approximate surface area is 167 Å². The van der Waals surface area contributed by atoms with E-state index >= 15 is 0 Å². The van der Waals surface area contributed by atoms with E-state index in [9.17, 15) is 13.2 Å². The van der Waals surface area contributed by atoms with E-state index in [2.05, 4.69) is 15.0 Å². The smallest absolute Gasteiger partial charge is 0.263 e. The van der Waals surface area contributed by atoms with Crippen LogP contribution in [0.15, 0.2) is 65.0 Å². The zero-order chi connectivity index (χ0) is 20.0. The average molecular weight is 418 g/mol. The second-order valence-corrected chi connectivity index (χ2v) is 8.46. The maximum atomic E-state index is 12.3. The Morgan fingerprint density at radius 1 is 1.14 bits per heavy atom. The first-order valence-electron chi connectivity index (χ1n) is 8.45. The maximum absolute atomic E-state index is 12.3. The van der Waals surface area contributed by atoms with E-state index in [-0.39, 0.29) is 23.8 Å². The zero-order valence-electron chi connectivity index (χ0n) is 15.1. The van der Waals surface area contributed by atoms with E-state index in [1.54, 1.807) is 5.38 Å². The minimum absolute atomic E-state index is 0.0867. The average Bonchev–Trinajstić information content (AvgIpc) is 3.16. The first-order chi connectivity index (χ1) is 13.4. The van der Waals surface area contributed by atoms with Gasteiger partial charge in [-0.15, -0.1) is 11.3 Å². The van der Waals surface area contributed by atoms with Crippen molar-refractivity contribution in [1.29, 1.82) is 0 Å². The van der Waals surface area contributed by atoms with Gasteiger partial charge in [0.2, 0.25) is 5.91 Å². The van der Waals surface area contributed by atoms with E-state index < -0.39 is 10.0 Å². The van der Waals surface area contributed by atoms with E-state index in [4.69, 9.17) is 4.74 Å². The molecule has 0 atom stereocenters. The fourth-order valence-electron chi connectivity index (χ4n) is 2.36. The molecular formula is C19H19N3O4S2. The third-order valence-electron chi connectivity index (χ3n) is 3.78. The Hall–Kier alpha value is -2.91. The number of carbonyl (C=O) groups excluding carboxylic acids is 1. The molecule has 0 saturated carbocycles. The van der Waals surface area contributed by atoms with Gasteiger partial charge in [-0.05, 0) is 42.8 Å². The lowest BCUT2D eigenvalue weighted by molar-refractivity contribution is -0.116. The van der Waals surface area contributed by atoms with Crippen LogP contribution in [0.5, 0.6) is 5.75 Å². The lowest BCUT2D eigenvalue weighted by Crippen LogP contribution is -2.16. The molecule has 0 bridgehead atoms. The molecule has 9 heteroatoms. The van der Waals surface area contributed by atoms with Gasteiger partial charge in [-0.3, -0.25) is 9.52 Å². The molecular weight excluding hydrogens is 398 g/mol. The van der Waals surface area contributed by atoms with Crippen LogP contribution in [0.1, 0.15) is 12.0 Å². The zero-order valence-corrected chi connectivity index (χ0v) is 16.7. The van der Waals surface area contributed by atoms with Crippen molar-refractivity contribution < 1.29 is 17.9 Å². The molecule has 0 saturated heterocycles. The molecule has 146 valence electrons. The van der Waals surface area contributed by atoms with Crippen LogP contribution in [0, 0.1) is 6.92 Å². The Balaban J connectivity index is 1.52. The molecule has 0 unspecified atom stereocenters. The molecule has 0 aliphatic heterocycles. The van der Waals surface area contributed by atoms with E-state index in [1.165, 1.54) is 41.8 Å². The standard InChI is InChI=1S/C19H19N3O4S2/c1-14-4-2-3-5-17(14)26-12-10-18(23)21-15-6-8-16(9-7-15)28(24,25)22-19-20-11-13-27-19/h2-9,11,13H,10,12H2,1H3,(H,20,22)(H,21,23). The van der Waals surface area contributed by atoms with Crippen LogP contribution in [0.25, 0.3) is 0 Å². The van der Waals surface area contributed by atoms with Crippen LogP contribution < -0.4 is 14.8 Å². The fourth-order valence-corrected chi connectivity index (χ4v) is 4.15. The number of ether oxygens (including phenoxy) is 1. The van der Waals surface area contributed by atoms with Crippen LogP contribution >= 0.6 is 11.3 Å². The van der Waals surface area contributed by atoms with Crippen molar-refractivity contribution in [1.82, 2.24) is 4.98 Å². The fraction of sp³-hybridized carbons (Fsp3) is 0.158. The molecule has 3 rings (SSSR count). The summed E-state index contributed by atoms with van der Waals surface area (Å²) in [5.41, 5.74) is 1.51. The van der Waals surface area contributed by atoms with Gasteiger partial charge in [0.25, 0.3) is 10.0 Å². The minimum Gasteiger partial charge on any atom is -0.493 e. The molecule has 0 radical (unpaired) electrons. The highest BCUT2D eigenvalue weighted by molar-refractivity contribution is 7.93. The molecule has 1 heterocycles. The first-order valence-corrected chi connectivity index (χ1v) is 10.8. The number of nitrogens with one attached hydrogen (secondary N) is 2. The molecule has 0 fully saturated rings. The molecule has 2 N–H and O–H groups in total. The number of rotatable bonds is 8. The van der Waals surface area contributed by atoms with Crippen molar-refractivity contribution in [2.75, 3.05) is 16.6 Å². The second-order valence-electron chi connectivity index (χ2n) is 5.88. The summed E-state index contributed by atoms with van der Waals surface area (Å²) >= 11 is 1.19. The quantitative estimate of drug-likeness (QED) is 0.583. The van der Waals surface area contributed by atoms with E-state index in [1.807, 2.05) is 31.2 Å². The second kappa shape index (κ2) is 8.85. The first kappa shape index (κ1) is 19.8. The molecule has 2 aromatic carbocycles. The van der Waals surface area contributed by atoms with Crippen molar-refractivity contribution >= 4 is 38.1 Å². The number of sulfonamides is 1. The summed E-state index contributed by atoms with van der Waals surface area (Å²) in [4.78, 5) is 16.0. The summed E-state index contributed by atoms with van der Waals surface area (Å²) in [7, 11) is -3.71. The molecule has 1 amide bonds. The highest BCUT2D eigenvalue weighted by atomic mass is 32.2. The lowest BCUT2D eigenvalue weighted by Gasteiger charge is -2.10. The van der Waals surface area contributed by atoms with Gasteiger partial charge in [0.15, 0.2) is 5.13 Å². The van der Waals surface area contributed by atoms with Crippen molar-refractivity contribution in [3.05, 3.63) is 65.7 Å². The number of thiazole rings is 1. The Bertz CT molecular complexity index is 1030. The number of para-hydroxylation sites is 1. The summed E-state index contributed by atoms with van der Waals surface area (Å²) < 4.78 is 32.6. The third-order valence-corrected chi connectivity index (χ3v) is 5.96. The van der Waals surface area contributed by atoms with Gasteiger partial charge in [0.05, 0.1) is 17.9 Å². The van der Waals surface area contributed by atoms with Gasteiger partial charge in [-0.1, -0.05) is 18.2 Å². The van der Waals surface area contributed by atoms with Gasteiger partial charge in [-0.2, -0.15) is 0 Å². The van der Waals surface area contributed by atoms with Crippen molar-refractivity contribution in [3.63, 3.8) is 0 Å². The minimum atomic E-state index is -3.71. The largest absolute Gasteiger partial charge is 0.493 e. The lowest BCUT2D eigenvalue weighted by atomic mass is 10.2. The van der Waals surface area contributed by atoms with Crippen LogP contribution in [-0.4, -0.2) is 25.9 Å². The molecule has 0 spiro atoms. The SMILES string of the molecule is Cc1ccccc1OCCC(=O)Nc1ccc(S(=O)(=O)Nc2nccs2)cc1. The molecule has 0 aliphatic carbocycles. The van der Waals surface area contributed by atoms with Crippen LogP contribution in [0.3, 0.4) is 0 Å². The molecule has 7 nitrogen and oxygen atoms in total. The number of amides is 1. The summed E-state index contributed by atoms with van der Waals surface area (Å²) in [6.07, 6.45) is 1.70. The highest BCUT2D eigenvalue weighted by Crippen LogP contribution is 2.20. The van der Waals surface area contributed by atoms with Gasteiger partial charge in [0.1, 0.15) is 5.75 Å². The van der Waals surface area contributed by atoms with Crippen molar-refractivity contribution in [2.24, 2.45) is 0 Å². The van der Waals surface area contributed by atoms with Crippen LogP contribution in [0.4, 0.5) is 10.8 Å². The predicted octanol–water partition coefficient (Wildman–Crippen LogP) is 3.66. The monoisotopic (exact) mass is 417 g/mol. The normalized spacial score (nSPS) is 11.0. The number of anilines is 2. The Kier molecular flexibility index (Phi) is 6.27. The summed E-state index contributed by atoms with van der Waals surface area (Å²) in [6, 6.07) is 13.5. The van der Waals surface area contributed by atoms with Gasteiger partial charge >= 0.3 is 0 Å². The third kappa shape index (κ3) is 5.30. The van der Waals surface area contributed by atoms with Crippen LogP contribution in [-0.2, 0) is 14.8 Å². The van der Waals surface area contributed by atoms with Gasteiger partial charge in [-0.25, -0.2) is 13.4 Å². The van der Waals surface area contributed by atoms with Gasteiger partial charge < -0.3 is 10.1 Å². The van der Waals surface area contributed by atoms with Crippen LogP contribution in [0.2, 0.25) is 0 Å². The summed E-state index contributed by atoms with van der Waals surface area (Å²) in [6.45, 7) is 2.19. The summed E-state index contributed by atoms with van der Waals surface area (Å²) in [5, 5.41) is 4.70. The van der Waals surface area contributed by atoms with E-state index in [0.29, 0.717) is 10.8 Å². The molecule has 28 heavy (non-hydrogen) atoms. The van der Waals surface area contributed by atoms with Crippen molar-refractivity contribution in [3.8, 4) is 5.75 Å². The number of carbonyl (C=O) groups is 1. The Morgan fingerprint density at radius 2 is 1.89 bits per heavy atom. The predicted molar refractivity (Wildman–Crippen MR) is 109 cm³/mol. The molecule has 0 aliphatic rings. The number of aryl methyl sites for hydroxylation is 1. The molecule has 3 aromatic rings. The Morgan fingerprint density at radius 3 is 2.57 bits per heavy atom. The highest BCUT2D eigenvalue weighted by Gasteiger charge is 2.15. The molecule has 1 aromatic heterocycles. The number of hydrogen-bond acceptors (Lipinski definition) is 6. The maximum Gasteiger partial charge on any atom is 0.263 e. The van der Waals surface area contributed by atoms with Gasteiger partial charge in [0, 0.05) is 17.3 Å². The number of nitrogens with zero attached hydrogens (tertiary/aromatic N) is 1. The van der Waals surface area contributed by atoms with E-state index in [0.717, 1.165) is 11.3 Å². The summed E-state index contributed by atoms with van der Waals surface area (Å²) in [5.74, 6) is 0.530.